The summed E-state index contributed by atoms with van der Waals surface area (Å²) in [5, 5.41) is 2.65. The van der Waals surface area contributed by atoms with E-state index < -0.39 is 21.5 Å². The first-order chi connectivity index (χ1) is 14.1. The minimum atomic E-state index is -3.81. The maximum Gasteiger partial charge on any atom is 0.287 e. The quantitative estimate of drug-likeness (QED) is 0.700. The number of furan rings is 1. The van der Waals surface area contributed by atoms with Gasteiger partial charge in [0.15, 0.2) is 5.76 Å². The van der Waals surface area contributed by atoms with Crippen LogP contribution in [0.15, 0.2) is 52.0 Å². The molecule has 1 atom stereocenters. The molecule has 0 radical (unpaired) electrons. The van der Waals surface area contributed by atoms with Gasteiger partial charge >= 0.3 is 0 Å². The zero-order chi connectivity index (χ0) is 21.8. The van der Waals surface area contributed by atoms with Gasteiger partial charge in [0.05, 0.1) is 0 Å². The van der Waals surface area contributed by atoms with E-state index in [0.717, 1.165) is 32.4 Å². The Bertz CT molecular complexity index is 948. The van der Waals surface area contributed by atoms with E-state index in [-0.39, 0.29) is 16.9 Å². The van der Waals surface area contributed by atoms with E-state index in [2.05, 4.69) is 27.1 Å². The molecule has 3 rings (SSSR count). The number of nitrogens with one attached hydrogen (secondary N) is 2. The van der Waals surface area contributed by atoms with Crippen LogP contribution in [0.5, 0.6) is 0 Å². The van der Waals surface area contributed by atoms with Gasteiger partial charge in [0.1, 0.15) is 0 Å². The summed E-state index contributed by atoms with van der Waals surface area (Å²) in [5.74, 6) is -0.410. The van der Waals surface area contributed by atoms with E-state index in [1.165, 1.54) is 17.7 Å². The van der Waals surface area contributed by atoms with Gasteiger partial charge in [-0.25, -0.2) is 13.1 Å². The number of rotatable bonds is 7. The number of piperidine rings is 1. The third kappa shape index (κ3) is 6.17. The SMILES string of the molecule is CC(C)(C)NS(=O)(=O)c1ccc(C(=O)NCC2CCCCN2Cc2ccccc2)o1. The molecule has 1 aliphatic rings. The van der Waals surface area contributed by atoms with Crippen molar-refractivity contribution in [1.82, 2.24) is 14.9 Å². The Morgan fingerprint density at radius 2 is 1.87 bits per heavy atom. The van der Waals surface area contributed by atoms with Crippen LogP contribution in [0.1, 0.15) is 56.2 Å². The zero-order valence-corrected chi connectivity index (χ0v) is 18.7. The number of likely N-dealkylation sites (tertiary alicyclic amines) is 1. The van der Waals surface area contributed by atoms with E-state index in [1.54, 1.807) is 20.8 Å². The maximum atomic E-state index is 12.5. The molecule has 2 N–H and O–H groups in total. The van der Waals surface area contributed by atoms with Crippen LogP contribution in [0.2, 0.25) is 0 Å². The summed E-state index contributed by atoms with van der Waals surface area (Å²) in [6.45, 7) is 7.57. The average molecular weight is 434 g/mol. The molecule has 1 aromatic carbocycles. The van der Waals surface area contributed by atoms with Crippen molar-refractivity contribution >= 4 is 15.9 Å². The normalized spacial score (nSPS) is 18.3. The fraction of sp³-hybridized carbons (Fsp3) is 0.500. The highest BCUT2D eigenvalue weighted by molar-refractivity contribution is 7.89. The highest BCUT2D eigenvalue weighted by Gasteiger charge is 2.27. The Balaban J connectivity index is 1.60. The molecule has 1 aromatic heterocycles. The summed E-state index contributed by atoms with van der Waals surface area (Å²) in [5.41, 5.74) is 0.611. The van der Waals surface area contributed by atoms with Crippen molar-refractivity contribution in [3.8, 4) is 0 Å². The smallest absolute Gasteiger partial charge is 0.287 e. The molecule has 1 amide bonds. The number of nitrogens with zero attached hydrogens (tertiary/aromatic N) is 1. The third-order valence-corrected chi connectivity index (χ3v) is 6.62. The van der Waals surface area contributed by atoms with Crippen molar-refractivity contribution in [3.63, 3.8) is 0 Å². The molecule has 0 saturated carbocycles. The van der Waals surface area contributed by atoms with Crippen LogP contribution in [0.3, 0.4) is 0 Å². The molecular formula is C22H31N3O4S. The monoisotopic (exact) mass is 433 g/mol. The van der Waals surface area contributed by atoms with Crippen LogP contribution in [0, 0.1) is 0 Å². The second kappa shape index (κ2) is 9.32. The van der Waals surface area contributed by atoms with Gasteiger partial charge in [-0.05, 0) is 57.9 Å². The van der Waals surface area contributed by atoms with E-state index in [1.807, 2.05) is 18.2 Å². The number of sulfonamides is 1. The summed E-state index contributed by atoms with van der Waals surface area (Å²) < 4.78 is 32.6. The molecule has 0 bridgehead atoms. The minimum Gasteiger partial charge on any atom is -0.438 e. The number of carbonyl (C=O) groups excluding carboxylic acids is 1. The van der Waals surface area contributed by atoms with E-state index in [4.69, 9.17) is 4.42 Å². The van der Waals surface area contributed by atoms with Gasteiger partial charge in [0.2, 0.25) is 5.09 Å². The number of carbonyl (C=O) groups is 1. The van der Waals surface area contributed by atoms with E-state index in [9.17, 15) is 13.2 Å². The lowest BCUT2D eigenvalue weighted by atomic mass is 10.0. The molecule has 1 saturated heterocycles. The highest BCUT2D eigenvalue weighted by atomic mass is 32.2. The fourth-order valence-corrected chi connectivity index (χ4v) is 5.01. The molecule has 164 valence electrons. The molecular weight excluding hydrogens is 402 g/mol. The lowest BCUT2D eigenvalue weighted by Crippen LogP contribution is -2.46. The predicted octanol–water partition coefficient (Wildman–Crippen LogP) is 3.14. The Morgan fingerprint density at radius 1 is 1.13 bits per heavy atom. The first-order valence-electron chi connectivity index (χ1n) is 10.3. The Morgan fingerprint density at radius 3 is 2.57 bits per heavy atom. The number of hydrogen-bond acceptors (Lipinski definition) is 5. The van der Waals surface area contributed by atoms with Gasteiger partial charge in [-0.3, -0.25) is 9.69 Å². The van der Waals surface area contributed by atoms with Crippen molar-refractivity contribution in [2.75, 3.05) is 13.1 Å². The Labute approximate surface area is 178 Å². The molecule has 7 nitrogen and oxygen atoms in total. The summed E-state index contributed by atoms with van der Waals surface area (Å²) in [6.07, 6.45) is 3.30. The molecule has 1 fully saturated rings. The Hall–Kier alpha value is -2.16. The second-order valence-corrected chi connectivity index (χ2v) is 10.4. The number of amides is 1. The topological polar surface area (TPSA) is 91.6 Å². The van der Waals surface area contributed by atoms with Gasteiger partial charge in [0.25, 0.3) is 15.9 Å². The van der Waals surface area contributed by atoms with Crippen molar-refractivity contribution in [2.24, 2.45) is 0 Å². The van der Waals surface area contributed by atoms with Gasteiger partial charge in [-0.1, -0.05) is 36.8 Å². The number of hydrogen-bond donors (Lipinski definition) is 2. The van der Waals surface area contributed by atoms with Crippen molar-refractivity contribution in [3.05, 3.63) is 53.8 Å². The van der Waals surface area contributed by atoms with Gasteiger partial charge in [-0.15, -0.1) is 0 Å². The summed E-state index contributed by atoms with van der Waals surface area (Å²) >= 11 is 0. The van der Waals surface area contributed by atoms with Gasteiger partial charge in [0, 0.05) is 24.7 Å². The fourth-order valence-electron chi connectivity index (χ4n) is 3.65. The summed E-state index contributed by atoms with van der Waals surface area (Å²) in [7, 11) is -3.81. The van der Waals surface area contributed by atoms with Crippen molar-refractivity contribution < 1.29 is 17.6 Å². The van der Waals surface area contributed by atoms with Crippen LogP contribution < -0.4 is 10.0 Å². The molecule has 0 spiro atoms. The highest BCUT2D eigenvalue weighted by Crippen LogP contribution is 2.20. The standard InChI is InChI=1S/C22H31N3O4S/c1-22(2,3)24-30(27,28)20-13-12-19(29-20)21(26)23-15-18-11-7-8-14-25(18)16-17-9-5-4-6-10-17/h4-6,9-10,12-13,18,24H,7-8,11,14-16H2,1-3H3,(H,23,26). The summed E-state index contributed by atoms with van der Waals surface area (Å²) in [6, 6.07) is 13.2. The Kier molecular flexibility index (Phi) is 7.00. The van der Waals surface area contributed by atoms with Crippen LogP contribution in [0.4, 0.5) is 0 Å². The predicted molar refractivity (Wildman–Crippen MR) is 116 cm³/mol. The zero-order valence-electron chi connectivity index (χ0n) is 17.8. The van der Waals surface area contributed by atoms with Crippen molar-refractivity contribution in [2.45, 2.75) is 63.3 Å². The summed E-state index contributed by atoms with van der Waals surface area (Å²) in [4.78, 5) is 14.9. The minimum absolute atomic E-state index is 0.00490. The first kappa shape index (κ1) is 22.5. The number of benzene rings is 1. The molecule has 1 aliphatic heterocycles. The second-order valence-electron chi connectivity index (χ2n) is 8.79. The largest absolute Gasteiger partial charge is 0.438 e. The van der Waals surface area contributed by atoms with Gasteiger partial charge < -0.3 is 9.73 Å². The van der Waals surface area contributed by atoms with E-state index in [0.29, 0.717) is 6.54 Å². The molecule has 0 aliphatic carbocycles. The lowest BCUT2D eigenvalue weighted by Gasteiger charge is -2.35. The molecule has 8 heteroatoms. The molecule has 2 heterocycles. The average Bonchev–Trinajstić information content (AvgIpc) is 3.17. The van der Waals surface area contributed by atoms with Crippen LogP contribution >= 0.6 is 0 Å². The first-order valence-corrected chi connectivity index (χ1v) is 11.8. The van der Waals surface area contributed by atoms with Crippen LogP contribution in [0.25, 0.3) is 0 Å². The molecule has 30 heavy (non-hydrogen) atoms. The molecule has 2 aromatic rings. The van der Waals surface area contributed by atoms with Crippen molar-refractivity contribution in [1.29, 1.82) is 0 Å². The molecule has 1 unspecified atom stereocenters. The lowest BCUT2D eigenvalue weighted by molar-refractivity contribution is 0.0876. The van der Waals surface area contributed by atoms with E-state index >= 15 is 0 Å². The van der Waals surface area contributed by atoms with Gasteiger partial charge in [-0.2, -0.15) is 0 Å². The van der Waals surface area contributed by atoms with Crippen LogP contribution in [-0.4, -0.2) is 43.9 Å². The van der Waals surface area contributed by atoms with Crippen LogP contribution in [-0.2, 0) is 16.6 Å². The third-order valence-electron chi connectivity index (χ3n) is 4.99. The maximum absolute atomic E-state index is 12.5.